The quantitative estimate of drug-likeness (QED) is 0.762. The molecule has 0 unspecified atom stereocenters. The highest BCUT2D eigenvalue weighted by molar-refractivity contribution is 9.11. The van der Waals surface area contributed by atoms with Gasteiger partial charge in [-0.15, -0.1) is 0 Å². The molecule has 0 aromatic heterocycles. The largest absolute Gasteiger partial charge is 0.492 e. The van der Waals surface area contributed by atoms with E-state index in [1.165, 1.54) is 0 Å². The minimum atomic E-state index is 0.130. The zero-order chi connectivity index (χ0) is 14.5. The molecule has 0 bridgehead atoms. The van der Waals surface area contributed by atoms with Gasteiger partial charge in [-0.1, -0.05) is 28.1 Å². The molecule has 0 amide bonds. The number of ether oxygens (including phenoxy) is 1. The molecular weight excluding hydrogens is 370 g/mol. The molecule has 4 heteroatoms. The van der Waals surface area contributed by atoms with Crippen molar-refractivity contribution in [2.24, 2.45) is 0 Å². The van der Waals surface area contributed by atoms with Crippen LogP contribution in [0.1, 0.15) is 33.3 Å². The van der Waals surface area contributed by atoms with E-state index in [0.29, 0.717) is 6.61 Å². The second-order valence-electron chi connectivity index (χ2n) is 5.27. The van der Waals surface area contributed by atoms with Crippen LogP contribution in [-0.2, 0) is 0 Å². The van der Waals surface area contributed by atoms with E-state index < -0.39 is 0 Å². The highest BCUT2D eigenvalue weighted by Gasteiger charge is 2.08. The van der Waals surface area contributed by atoms with Crippen LogP contribution in [0.15, 0.2) is 27.2 Å². The zero-order valence-electron chi connectivity index (χ0n) is 11.9. The monoisotopic (exact) mass is 389 g/mol. The first kappa shape index (κ1) is 16.7. The summed E-state index contributed by atoms with van der Waals surface area (Å²) in [7, 11) is 0. The molecule has 0 aliphatic heterocycles. The normalized spacial score (nSPS) is 12.1. The van der Waals surface area contributed by atoms with Gasteiger partial charge in [0, 0.05) is 22.1 Å². The van der Waals surface area contributed by atoms with Crippen molar-refractivity contribution in [3.05, 3.63) is 32.7 Å². The van der Waals surface area contributed by atoms with Crippen LogP contribution in [-0.4, -0.2) is 18.7 Å². The average Bonchev–Trinajstić information content (AvgIpc) is 2.27. The van der Waals surface area contributed by atoms with Crippen LogP contribution in [0.4, 0.5) is 0 Å². The second-order valence-corrected chi connectivity index (χ2v) is 7.04. The van der Waals surface area contributed by atoms with Crippen LogP contribution in [0.5, 0.6) is 5.75 Å². The highest BCUT2D eigenvalue weighted by Crippen LogP contribution is 2.33. The lowest BCUT2D eigenvalue weighted by Gasteiger charge is -2.19. The first-order valence-electron chi connectivity index (χ1n) is 6.37. The molecule has 0 spiro atoms. The molecule has 0 aliphatic carbocycles. The Bertz CT molecular complexity index is 450. The van der Waals surface area contributed by atoms with Crippen molar-refractivity contribution in [1.29, 1.82) is 0 Å². The molecule has 0 atom stereocenters. The Morgan fingerprint density at radius 3 is 2.53 bits per heavy atom. The topological polar surface area (TPSA) is 21.3 Å². The van der Waals surface area contributed by atoms with E-state index in [0.717, 1.165) is 26.8 Å². The molecule has 1 aromatic carbocycles. The summed E-state index contributed by atoms with van der Waals surface area (Å²) < 4.78 is 7.68. The minimum absolute atomic E-state index is 0.130. The first-order valence-corrected chi connectivity index (χ1v) is 7.95. The molecule has 1 rings (SSSR count). The number of hydrogen-bond acceptors (Lipinski definition) is 2. The predicted octanol–water partition coefficient (Wildman–Crippen LogP) is 5.01. The van der Waals surface area contributed by atoms with Crippen LogP contribution in [0.3, 0.4) is 0 Å². The fraction of sp³-hybridized carbons (Fsp3) is 0.467. The third-order valence-corrected chi connectivity index (χ3v) is 3.42. The molecule has 106 valence electrons. The molecule has 0 fully saturated rings. The zero-order valence-corrected chi connectivity index (χ0v) is 15.1. The summed E-state index contributed by atoms with van der Waals surface area (Å²) in [5.41, 5.74) is 1.20. The average molecular weight is 391 g/mol. The molecule has 2 nitrogen and oxygen atoms in total. The van der Waals surface area contributed by atoms with Crippen molar-refractivity contribution in [1.82, 2.24) is 5.32 Å². The van der Waals surface area contributed by atoms with E-state index in [4.69, 9.17) is 4.74 Å². The van der Waals surface area contributed by atoms with Gasteiger partial charge in [0.2, 0.25) is 0 Å². The predicted molar refractivity (Wildman–Crippen MR) is 89.8 cm³/mol. The lowest BCUT2D eigenvalue weighted by Crippen LogP contribution is -2.35. The smallest absolute Gasteiger partial charge is 0.140 e. The van der Waals surface area contributed by atoms with Crippen LogP contribution in [0.2, 0.25) is 0 Å². The molecule has 0 saturated heterocycles. The molecule has 0 heterocycles. The Hall–Kier alpha value is -0.320. The van der Waals surface area contributed by atoms with Gasteiger partial charge in [-0.2, -0.15) is 0 Å². The molecule has 1 N–H and O–H groups in total. The molecule has 1 aromatic rings. The van der Waals surface area contributed by atoms with Gasteiger partial charge in [0.15, 0.2) is 0 Å². The van der Waals surface area contributed by atoms with Crippen LogP contribution < -0.4 is 10.1 Å². The Kier molecular flexibility index (Phi) is 6.57. The fourth-order valence-corrected chi connectivity index (χ4v) is 2.92. The molecule has 0 saturated carbocycles. The van der Waals surface area contributed by atoms with E-state index in [2.05, 4.69) is 76.2 Å². The van der Waals surface area contributed by atoms with Gasteiger partial charge < -0.3 is 10.1 Å². The van der Waals surface area contributed by atoms with Gasteiger partial charge in [0.05, 0.1) is 11.1 Å². The maximum Gasteiger partial charge on any atom is 0.140 e. The van der Waals surface area contributed by atoms with Gasteiger partial charge in [-0.3, -0.25) is 0 Å². The van der Waals surface area contributed by atoms with E-state index in [-0.39, 0.29) is 5.54 Å². The minimum Gasteiger partial charge on any atom is -0.492 e. The van der Waals surface area contributed by atoms with Crippen molar-refractivity contribution in [3.8, 4) is 5.75 Å². The Balaban J connectivity index is 2.84. The SMILES string of the molecule is CCOc1c(Br)cc(Br)cc1C=CCNC(C)(C)C. The summed E-state index contributed by atoms with van der Waals surface area (Å²) in [6, 6.07) is 4.05. The molecular formula is C15H21Br2NO. The van der Waals surface area contributed by atoms with E-state index in [1.54, 1.807) is 0 Å². The number of benzene rings is 1. The third kappa shape index (κ3) is 6.11. The van der Waals surface area contributed by atoms with Crippen molar-refractivity contribution in [2.75, 3.05) is 13.2 Å². The van der Waals surface area contributed by atoms with E-state index >= 15 is 0 Å². The van der Waals surface area contributed by atoms with Crippen LogP contribution in [0, 0.1) is 0 Å². The molecule has 0 radical (unpaired) electrons. The number of nitrogens with one attached hydrogen (secondary N) is 1. The lowest BCUT2D eigenvalue weighted by molar-refractivity contribution is 0.337. The van der Waals surface area contributed by atoms with Crippen molar-refractivity contribution in [3.63, 3.8) is 0 Å². The fourth-order valence-electron chi connectivity index (χ4n) is 1.55. The van der Waals surface area contributed by atoms with Gasteiger partial charge in [-0.25, -0.2) is 0 Å². The van der Waals surface area contributed by atoms with Crippen molar-refractivity contribution >= 4 is 37.9 Å². The Morgan fingerprint density at radius 2 is 1.95 bits per heavy atom. The van der Waals surface area contributed by atoms with Gasteiger partial charge in [-0.05, 0) is 55.8 Å². The number of halogens is 2. The van der Waals surface area contributed by atoms with Gasteiger partial charge >= 0.3 is 0 Å². The summed E-state index contributed by atoms with van der Waals surface area (Å²) in [6.45, 7) is 9.94. The lowest BCUT2D eigenvalue weighted by atomic mass is 10.1. The van der Waals surface area contributed by atoms with Gasteiger partial charge in [0.25, 0.3) is 0 Å². The molecule has 0 aliphatic rings. The summed E-state index contributed by atoms with van der Waals surface area (Å²) in [5, 5.41) is 3.42. The number of rotatable bonds is 5. The standard InChI is InChI=1S/C15H21Br2NO/c1-5-19-14-11(9-12(16)10-13(14)17)7-6-8-18-15(2,3)4/h6-7,9-10,18H,5,8H2,1-4H3. The summed E-state index contributed by atoms with van der Waals surface area (Å²) in [4.78, 5) is 0. The first-order chi connectivity index (χ1) is 8.83. The highest BCUT2D eigenvalue weighted by atomic mass is 79.9. The number of hydrogen-bond donors (Lipinski definition) is 1. The Morgan fingerprint density at radius 1 is 1.26 bits per heavy atom. The maximum absolute atomic E-state index is 5.68. The van der Waals surface area contributed by atoms with Crippen molar-refractivity contribution in [2.45, 2.75) is 33.2 Å². The van der Waals surface area contributed by atoms with Crippen molar-refractivity contribution < 1.29 is 4.74 Å². The van der Waals surface area contributed by atoms with Crippen LogP contribution >= 0.6 is 31.9 Å². The maximum atomic E-state index is 5.68. The summed E-state index contributed by atoms with van der Waals surface area (Å²) in [5.74, 6) is 0.887. The molecule has 19 heavy (non-hydrogen) atoms. The second kappa shape index (κ2) is 7.46. The Labute approximate surface area is 132 Å². The van der Waals surface area contributed by atoms with E-state index in [9.17, 15) is 0 Å². The summed E-state index contributed by atoms with van der Waals surface area (Å²) >= 11 is 7.04. The third-order valence-electron chi connectivity index (χ3n) is 2.37. The van der Waals surface area contributed by atoms with E-state index in [1.807, 2.05) is 13.0 Å². The van der Waals surface area contributed by atoms with Crippen LogP contribution in [0.25, 0.3) is 6.08 Å². The summed E-state index contributed by atoms with van der Waals surface area (Å²) in [6.07, 6.45) is 4.20. The van der Waals surface area contributed by atoms with Gasteiger partial charge in [0.1, 0.15) is 5.75 Å².